The number of allylic oxidation sites excluding steroid dienone is 4. The molecule has 3 aliphatic carbocycles. The lowest BCUT2D eigenvalue weighted by Crippen LogP contribution is -2.45. The summed E-state index contributed by atoms with van der Waals surface area (Å²) in [6.07, 6.45) is 2.39. The summed E-state index contributed by atoms with van der Waals surface area (Å²) in [5, 5.41) is 1.15. The van der Waals surface area contributed by atoms with Crippen molar-refractivity contribution in [2.45, 2.75) is 20.5 Å². The van der Waals surface area contributed by atoms with Gasteiger partial charge in [0, 0.05) is 11.0 Å². The normalized spacial score (nSPS) is 50.9. The summed E-state index contributed by atoms with van der Waals surface area (Å²) < 4.78 is -1.44. The van der Waals surface area contributed by atoms with Gasteiger partial charge in [-0.1, -0.05) is 64.1 Å². The molecule has 0 amide bonds. The molecule has 0 saturated heterocycles. The molecule has 3 aliphatic rings. The second kappa shape index (κ2) is 3.58. The minimum Gasteiger partial charge on any atom is -0.109 e. The zero-order valence-electron chi connectivity index (χ0n) is 8.08. The maximum absolute atomic E-state index is 6.58. The average molecular weight is 373 g/mol. The standard InChI is InChI=1S/C10H5Cl7/c11-3-1-4-5(2-3)9(15)7(13)6(12)8(4,14)10(9,16)17/h1,4-5H,2H2/t4-,5+,8+,9-/m0/s1. The number of hydrogen-bond acceptors (Lipinski definition) is 0. The highest BCUT2D eigenvalue weighted by atomic mass is 35.5. The monoisotopic (exact) mass is 370 g/mol. The molecule has 0 aromatic rings. The van der Waals surface area contributed by atoms with Crippen LogP contribution in [-0.4, -0.2) is 14.1 Å². The molecule has 1 fully saturated rings. The second-order valence-electron chi connectivity index (χ2n) is 4.58. The Hall–Kier alpha value is 1.51. The summed E-state index contributed by atoms with van der Waals surface area (Å²) in [7, 11) is 0. The first-order valence-corrected chi connectivity index (χ1v) is 7.51. The first kappa shape index (κ1) is 13.5. The fraction of sp³-hybridized carbons (Fsp3) is 0.600. The van der Waals surface area contributed by atoms with Gasteiger partial charge in [-0.15, -0.1) is 23.2 Å². The Kier molecular flexibility index (Phi) is 2.84. The van der Waals surface area contributed by atoms with Gasteiger partial charge < -0.3 is 0 Å². The molecule has 0 radical (unpaired) electrons. The lowest BCUT2D eigenvalue weighted by Gasteiger charge is -2.33. The van der Waals surface area contributed by atoms with Crippen molar-refractivity contribution in [3.63, 3.8) is 0 Å². The number of hydrogen-bond donors (Lipinski definition) is 0. The lowest BCUT2D eigenvalue weighted by molar-refractivity contribution is 0.415. The van der Waals surface area contributed by atoms with E-state index < -0.39 is 14.1 Å². The Balaban J connectivity index is 2.29. The molecular formula is C10H5Cl7. The quantitative estimate of drug-likeness (QED) is 0.486. The van der Waals surface area contributed by atoms with Gasteiger partial charge in [-0.25, -0.2) is 0 Å². The van der Waals surface area contributed by atoms with Crippen molar-refractivity contribution in [3.8, 4) is 0 Å². The van der Waals surface area contributed by atoms with Gasteiger partial charge in [0.2, 0.25) is 0 Å². The van der Waals surface area contributed by atoms with Crippen molar-refractivity contribution in [2.75, 3.05) is 0 Å². The van der Waals surface area contributed by atoms with Crippen LogP contribution in [0.4, 0.5) is 0 Å². The van der Waals surface area contributed by atoms with Gasteiger partial charge in [0.05, 0.1) is 10.1 Å². The largest absolute Gasteiger partial charge is 0.167 e. The first-order valence-electron chi connectivity index (χ1n) is 4.87. The predicted octanol–water partition coefficient (Wildman–Crippen LogP) is 5.59. The molecule has 94 valence electrons. The van der Waals surface area contributed by atoms with E-state index in [2.05, 4.69) is 0 Å². The Bertz CT molecular complexity index is 479. The SMILES string of the molecule is ClC1=C[C@H]2[C@@H](C1)[C@]1(Cl)C(Cl)=C(Cl)[C@@]2(Cl)C1(Cl)Cl. The third kappa shape index (κ3) is 1.19. The van der Waals surface area contributed by atoms with Gasteiger partial charge in [-0.2, -0.15) is 0 Å². The van der Waals surface area contributed by atoms with Gasteiger partial charge in [0.1, 0.15) is 9.75 Å². The van der Waals surface area contributed by atoms with Crippen molar-refractivity contribution in [3.05, 3.63) is 21.2 Å². The summed E-state index contributed by atoms with van der Waals surface area (Å²) in [6.45, 7) is 0. The summed E-state index contributed by atoms with van der Waals surface area (Å²) in [5.74, 6) is -0.321. The highest BCUT2D eigenvalue weighted by molar-refractivity contribution is 6.65. The highest BCUT2D eigenvalue weighted by Crippen LogP contribution is 2.78. The van der Waals surface area contributed by atoms with Crippen molar-refractivity contribution in [1.82, 2.24) is 0 Å². The Labute approximate surface area is 134 Å². The van der Waals surface area contributed by atoms with Crippen LogP contribution >= 0.6 is 81.2 Å². The third-order valence-corrected chi connectivity index (χ3v) is 8.53. The van der Waals surface area contributed by atoms with Crippen LogP contribution in [-0.2, 0) is 0 Å². The van der Waals surface area contributed by atoms with Gasteiger partial charge in [0.15, 0.2) is 4.33 Å². The van der Waals surface area contributed by atoms with Crippen LogP contribution in [0.15, 0.2) is 21.2 Å². The van der Waals surface area contributed by atoms with E-state index in [0.29, 0.717) is 11.5 Å². The topological polar surface area (TPSA) is 0 Å². The fourth-order valence-corrected chi connectivity index (χ4v) is 6.42. The Morgan fingerprint density at radius 1 is 0.941 bits per heavy atom. The van der Waals surface area contributed by atoms with Crippen molar-refractivity contribution in [1.29, 1.82) is 0 Å². The molecule has 3 rings (SSSR count). The van der Waals surface area contributed by atoms with Gasteiger partial charge >= 0.3 is 0 Å². The average Bonchev–Trinajstić information content (AvgIpc) is 2.72. The van der Waals surface area contributed by atoms with Crippen LogP contribution in [0.1, 0.15) is 6.42 Å². The maximum atomic E-state index is 6.58. The molecule has 0 aromatic carbocycles. The predicted molar refractivity (Wildman–Crippen MR) is 75.9 cm³/mol. The van der Waals surface area contributed by atoms with Crippen LogP contribution < -0.4 is 0 Å². The van der Waals surface area contributed by atoms with E-state index in [0.717, 1.165) is 0 Å². The van der Waals surface area contributed by atoms with Crippen LogP contribution in [0.5, 0.6) is 0 Å². The summed E-state index contributed by atoms with van der Waals surface area (Å²) in [4.78, 5) is -2.37. The van der Waals surface area contributed by atoms with Crippen molar-refractivity contribution < 1.29 is 0 Å². The molecular weight excluding hydrogens is 368 g/mol. The first-order chi connectivity index (χ1) is 7.69. The van der Waals surface area contributed by atoms with E-state index in [1.807, 2.05) is 6.08 Å². The highest BCUT2D eigenvalue weighted by Gasteiger charge is 2.82. The minimum atomic E-state index is -1.44. The van der Waals surface area contributed by atoms with E-state index in [-0.39, 0.29) is 21.9 Å². The zero-order chi connectivity index (χ0) is 12.8. The van der Waals surface area contributed by atoms with Gasteiger partial charge in [0.25, 0.3) is 0 Å². The van der Waals surface area contributed by atoms with Crippen LogP contribution in [0, 0.1) is 11.8 Å². The molecule has 0 spiro atoms. The van der Waals surface area contributed by atoms with E-state index in [1.54, 1.807) is 0 Å². The van der Waals surface area contributed by atoms with E-state index in [4.69, 9.17) is 81.2 Å². The molecule has 2 bridgehead atoms. The summed E-state index contributed by atoms with van der Waals surface area (Å²) in [6, 6.07) is 0. The summed E-state index contributed by atoms with van der Waals surface area (Å²) in [5.41, 5.74) is 0. The number of halogens is 7. The molecule has 0 unspecified atom stereocenters. The van der Waals surface area contributed by atoms with E-state index in [9.17, 15) is 0 Å². The van der Waals surface area contributed by atoms with Crippen LogP contribution in [0.2, 0.25) is 0 Å². The Morgan fingerprint density at radius 3 is 2.06 bits per heavy atom. The fourth-order valence-electron chi connectivity index (χ4n) is 3.11. The smallest absolute Gasteiger partial charge is 0.109 e. The van der Waals surface area contributed by atoms with Crippen molar-refractivity contribution >= 4 is 81.2 Å². The molecule has 0 heterocycles. The second-order valence-corrected chi connectivity index (χ2v) is 8.34. The molecule has 0 nitrogen and oxygen atoms in total. The molecule has 7 heteroatoms. The number of fused-ring (bicyclic) bond motifs is 5. The third-order valence-electron chi connectivity index (χ3n) is 3.92. The molecule has 0 aliphatic heterocycles. The van der Waals surface area contributed by atoms with Crippen LogP contribution in [0.25, 0.3) is 0 Å². The van der Waals surface area contributed by atoms with Gasteiger partial charge in [-0.05, 0) is 12.3 Å². The maximum Gasteiger partial charge on any atom is 0.167 e. The molecule has 1 saturated carbocycles. The zero-order valence-corrected chi connectivity index (χ0v) is 13.4. The molecule has 0 N–H and O–H groups in total. The molecule has 17 heavy (non-hydrogen) atoms. The van der Waals surface area contributed by atoms with Crippen molar-refractivity contribution in [2.24, 2.45) is 11.8 Å². The Morgan fingerprint density at radius 2 is 1.47 bits per heavy atom. The minimum absolute atomic E-state index is 0.126. The summed E-state index contributed by atoms with van der Waals surface area (Å²) >= 11 is 44.3. The number of alkyl halides is 4. The van der Waals surface area contributed by atoms with Crippen LogP contribution in [0.3, 0.4) is 0 Å². The lowest BCUT2D eigenvalue weighted by atomic mass is 9.84. The van der Waals surface area contributed by atoms with E-state index >= 15 is 0 Å². The number of rotatable bonds is 0. The molecule has 4 atom stereocenters. The molecule has 0 aromatic heterocycles. The van der Waals surface area contributed by atoms with Gasteiger partial charge in [-0.3, -0.25) is 0 Å². The van der Waals surface area contributed by atoms with E-state index in [1.165, 1.54) is 0 Å².